The molecule has 0 saturated carbocycles. The van der Waals surface area contributed by atoms with Crippen molar-refractivity contribution in [3.05, 3.63) is 0 Å². The molecule has 1 aliphatic heterocycles. The predicted molar refractivity (Wildman–Crippen MR) is 57.6 cm³/mol. The zero-order valence-electron chi connectivity index (χ0n) is 10.4. The lowest BCUT2D eigenvalue weighted by Crippen LogP contribution is -2.69. The summed E-state index contributed by atoms with van der Waals surface area (Å²) in [6.07, 6.45) is -10.8. The monoisotopic (exact) mass is 302 g/mol. The van der Waals surface area contributed by atoms with E-state index in [0.717, 1.165) is 0 Å². The van der Waals surface area contributed by atoms with Crippen LogP contribution in [-0.2, 0) is 9.53 Å². The van der Waals surface area contributed by atoms with E-state index in [1.165, 1.54) is 0 Å². The topological polar surface area (TPSA) is 155 Å². The molecule has 0 amide bonds. The Balaban J connectivity index is 2.89. The number of carbonyl (C=O) groups is 1. The molecular formula is C10H18F2NO7+. The van der Waals surface area contributed by atoms with Gasteiger partial charge in [-0.2, -0.15) is 0 Å². The van der Waals surface area contributed by atoms with Crippen LogP contribution < -0.4 is 5.73 Å². The lowest BCUT2D eigenvalue weighted by molar-refractivity contribution is -0.420. The van der Waals surface area contributed by atoms with Gasteiger partial charge in [0.05, 0.1) is 13.0 Å². The van der Waals surface area contributed by atoms with Crippen molar-refractivity contribution in [2.75, 3.05) is 6.61 Å². The fourth-order valence-corrected chi connectivity index (χ4v) is 1.98. The number of aliphatic hydroxyl groups is 4. The molecule has 8 nitrogen and oxygen atoms in total. The molecule has 0 aromatic carbocycles. The smallest absolute Gasteiger partial charge is 0.362 e. The number of rotatable bonds is 5. The normalized spacial score (nSPS) is 36.6. The van der Waals surface area contributed by atoms with Crippen molar-refractivity contribution in [2.24, 2.45) is 0 Å². The van der Waals surface area contributed by atoms with Gasteiger partial charge < -0.3 is 36.0 Å². The van der Waals surface area contributed by atoms with Crippen LogP contribution in [0.1, 0.15) is 6.42 Å². The highest BCUT2D eigenvalue weighted by Crippen LogP contribution is 2.34. The summed E-state index contributed by atoms with van der Waals surface area (Å²) in [7, 11) is 0. The van der Waals surface area contributed by atoms with Gasteiger partial charge in [-0.1, -0.05) is 0 Å². The SMILES string of the molecule is [NH3+]C(CC(F)(F)[C@H]1O[C@H](CO)[C@H](O)[C@H](O)[C@H]1O)C(=O)O. The lowest BCUT2D eigenvalue weighted by Gasteiger charge is -2.42. The Morgan fingerprint density at radius 1 is 1.25 bits per heavy atom. The van der Waals surface area contributed by atoms with Gasteiger partial charge in [0.1, 0.15) is 24.4 Å². The summed E-state index contributed by atoms with van der Waals surface area (Å²) in [6.45, 7) is -0.843. The first kappa shape index (κ1) is 17.1. The van der Waals surface area contributed by atoms with Crippen LogP contribution in [0.15, 0.2) is 0 Å². The molecule has 1 saturated heterocycles. The molecule has 1 aliphatic rings. The van der Waals surface area contributed by atoms with Crippen LogP contribution >= 0.6 is 0 Å². The number of carboxylic acids is 1. The van der Waals surface area contributed by atoms with Crippen LogP contribution in [0.4, 0.5) is 8.78 Å². The van der Waals surface area contributed by atoms with Crippen molar-refractivity contribution >= 4 is 5.97 Å². The molecule has 1 rings (SSSR count). The number of aliphatic carboxylic acids is 1. The molecule has 8 N–H and O–H groups in total. The summed E-state index contributed by atoms with van der Waals surface area (Å²) in [5.41, 5.74) is 3.04. The Labute approximate surface area is 112 Å². The van der Waals surface area contributed by atoms with Crippen molar-refractivity contribution in [3.8, 4) is 0 Å². The lowest BCUT2D eigenvalue weighted by atomic mass is 9.89. The van der Waals surface area contributed by atoms with Crippen LogP contribution in [0.3, 0.4) is 0 Å². The van der Waals surface area contributed by atoms with Gasteiger partial charge in [0.25, 0.3) is 5.92 Å². The summed E-state index contributed by atoms with van der Waals surface area (Å²) < 4.78 is 32.5. The molecule has 0 aromatic heterocycles. The minimum absolute atomic E-state index is 0.843. The minimum Gasteiger partial charge on any atom is -0.477 e. The molecule has 1 heterocycles. The number of alkyl halides is 2. The molecule has 0 bridgehead atoms. The minimum atomic E-state index is -3.81. The van der Waals surface area contributed by atoms with E-state index >= 15 is 0 Å². The molecule has 0 radical (unpaired) electrons. The second-order valence-electron chi connectivity index (χ2n) is 4.75. The molecule has 118 valence electrons. The molecule has 10 heteroatoms. The van der Waals surface area contributed by atoms with Gasteiger partial charge in [-0.3, -0.25) is 0 Å². The quantitative estimate of drug-likeness (QED) is 0.308. The van der Waals surface area contributed by atoms with Gasteiger partial charge in [-0.15, -0.1) is 0 Å². The molecule has 6 atom stereocenters. The third kappa shape index (κ3) is 3.40. The zero-order chi connectivity index (χ0) is 15.7. The summed E-state index contributed by atoms with van der Waals surface area (Å²) in [5.74, 6) is -5.35. The first-order valence-corrected chi connectivity index (χ1v) is 5.86. The fourth-order valence-electron chi connectivity index (χ4n) is 1.98. The molecule has 0 aromatic rings. The van der Waals surface area contributed by atoms with Gasteiger partial charge in [0.2, 0.25) is 0 Å². The van der Waals surface area contributed by atoms with Crippen LogP contribution in [0, 0.1) is 0 Å². The van der Waals surface area contributed by atoms with E-state index in [0.29, 0.717) is 0 Å². The second-order valence-corrected chi connectivity index (χ2v) is 4.75. The number of hydrogen-bond acceptors (Lipinski definition) is 6. The van der Waals surface area contributed by atoms with Gasteiger partial charge in [0, 0.05) is 0 Å². The molecular weight excluding hydrogens is 284 g/mol. The van der Waals surface area contributed by atoms with E-state index in [1.807, 2.05) is 0 Å². The summed E-state index contributed by atoms with van der Waals surface area (Å²) in [5, 5.41) is 45.9. The second kappa shape index (κ2) is 6.24. The molecule has 0 spiro atoms. The van der Waals surface area contributed by atoms with Crippen LogP contribution in [-0.4, -0.2) is 80.6 Å². The van der Waals surface area contributed by atoms with Gasteiger partial charge in [-0.05, 0) is 0 Å². The Morgan fingerprint density at radius 3 is 2.25 bits per heavy atom. The van der Waals surface area contributed by atoms with E-state index in [9.17, 15) is 28.9 Å². The van der Waals surface area contributed by atoms with Crippen LogP contribution in [0.25, 0.3) is 0 Å². The summed E-state index contributed by atoms with van der Waals surface area (Å²) in [4.78, 5) is 10.5. The Morgan fingerprint density at radius 2 is 1.80 bits per heavy atom. The Bertz CT molecular complexity index is 354. The predicted octanol–water partition coefficient (Wildman–Crippen LogP) is -3.45. The number of quaternary nitrogens is 1. The van der Waals surface area contributed by atoms with E-state index in [4.69, 9.17) is 14.9 Å². The summed E-state index contributed by atoms with van der Waals surface area (Å²) >= 11 is 0. The standard InChI is InChI=1S/C10H17F2NO7/c11-10(12,1-3(13)9(18)19)8-7(17)6(16)5(15)4(2-14)20-8/h3-8,14-17H,1-2,13H2,(H,18,19)/p+1/t3?,4-,5+,6+,7-,8+/m1/s1. The Kier molecular flexibility index (Phi) is 5.35. The van der Waals surface area contributed by atoms with Crippen molar-refractivity contribution in [1.29, 1.82) is 0 Å². The van der Waals surface area contributed by atoms with Crippen molar-refractivity contribution in [3.63, 3.8) is 0 Å². The maximum Gasteiger partial charge on any atom is 0.362 e. The fraction of sp³-hybridized carbons (Fsp3) is 0.900. The average molecular weight is 302 g/mol. The highest BCUT2D eigenvalue weighted by atomic mass is 19.3. The van der Waals surface area contributed by atoms with Gasteiger partial charge in [0.15, 0.2) is 12.1 Å². The maximum atomic E-state index is 13.9. The average Bonchev–Trinajstić information content (AvgIpc) is 2.35. The van der Waals surface area contributed by atoms with E-state index in [-0.39, 0.29) is 0 Å². The van der Waals surface area contributed by atoms with Crippen LogP contribution in [0.2, 0.25) is 0 Å². The third-order valence-corrected chi connectivity index (χ3v) is 3.18. The van der Waals surface area contributed by atoms with Crippen molar-refractivity contribution in [2.45, 2.75) is 48.9 Å². The maximum absolute atomic E-state index is 13.9. The van der Waals surface area contributed by atoms with Crippen molar-refractivity contribution in [1.82, 2.24) is 0 Å². The van der Waals surface area contributed by atoms with E-state index in [2.05, 4.69) is 5.73 Å². The highest BCUT2D eigenvalue weighted by molar-refractivity contribution is 5.71. The highest BCUT2D eigenvalue weighted by Gasteiger charge is 2.55. The third-order valence-electron chi connectivity index (χ3n) is 3.18. The van der Waals surface area contributed by atoms with Crippen molar-refractivity contribution < 1.29 is 49.6 Å². The van der Waals surface area contributed by atoms with Gasteiger partial charge in [-0.25, -0.2) is 13.6 Å². The van der Waals surface area contributed by atoms with E-state index < -0.39 is 61.5 Å². The molecule has 20 heavy (non-hydrogen) atoms. The Hall–Kier alpha value is -0.910. The largest absolute Gasteiger partial charge is 0.477 e. The first-order valence-electron chi connectivity index (χ1n) is 5.86. The first-order chi connectivity index (χ1) is 9.11. The number of aliphatic hydroxyl groups excluding tert-OH is 4. The number of carboxylic acid groups (broad SMARTS) is 1. The molecule has 0 aliphatic carbocycles. The van der Waals surface area contributed by atoms with Gasteiger partial charge >= 0.3 is 5.97 Å². The number of ether oxygens (including phenoxy) is 1. The zero-order valence-corrected chi connectivity index (χ0v) is 10.4. The summed E-state index contributed by atoms with van der Waals surface area (Å²) in [6, 6.07) is -1.64. The van der Waals surface area contributed by atoms with Crippen LogP contribution in [0.5, 0.6) is 0 Å². The molecule has 1 fully saturated rings. The number of halogens is 2. The number of hydrogen-bond donors (Lipinski definition) is 6. The molecule has 1 unspecified atom stereocenters. The van der Waals surface area contributed by atoms with E-state index in [1.54, 1.807) is 0 Å².